The fourth-order valence-corrected chi connectivity index (χ4v) is 3.65. The van der Waals surface area contributed by atoms with Crippen molar-refractivity contribution in [2.45, 2.75) is 0 Å². The van der Waals surface area contributed by atoms with E-state index in [0.717, 1.165) is 5.56 Å². The average molecular weight is 444 g/mol. The Hall–Kier alpha value is -3.24. The Morgan fingerprint density at radius 1 is 1.16 bits per heavy atom. The highest BCUT2D eigenvalue weighted by Crippen LogP contribution is 2.33. The summed E-state index contributed by atoms with van der Waals surface area (Å²) in [6, 6.07) is 11.8. The summed E-state index contributed by atoms with van der Waals surface area (Å²) in [5.41, 5.74) is 3.06. The summed E-state index contributed by atoms with van der Waals surface area (Å²) < 4.78 is 46.2. The van der Waals surface area contributed by atoms with Crippen LogP contribution in [0.4, 0.5) is 10.1 Å². The van der Waals surface area contributed by atoms with E-state index in [1.165, 1.54) is 6.07 Å². The van der Waals surface area contributed by atoms with Gasteiger partial charge in [-0.1, -0.05) is 17.3 Å². The first-order valence-electron chi connectivity index (χ1n) is 9.38. The molecule has 2 aromatic heterocycles. The summed E-state index contributed by atoms with van der Waals surface area (Å²) in [6.07, 6.45) is 3.16. The van der Waals surface area contributed by atoms with E-state index in [-0.39, 0.29) is 12.4 Å². The molecule has 4 aromatic rings. The van der Waals surface area contributed by atoms with Crippen molar-refractivity contribution in [3.8, 4) is 28.5 Å². The molecule has 0 bridgehead atoms. The molecule has 0 aliphatic heterocycles. The van der Waals surface area contributed by atoms with Crippen LogP contribution >= 0.6 is 0 Å². The number of benzene rings is 2. The van der Waals surface area contributed by atoms with Crippen molar-refractivity contribution >= 4 is 26.3 Å². The fourth-order valence-electron chi connectivity index (χ4n) is 3.02. The number of nitrogens with zero attached hydrogens (tertiary/aromatic N) is 3. The first kappa shape index (κ1) is 21.0. The molecule has 2 aromatic carbocycles. The van der Waals surface area contributed by atoms with Crippen LogP contribution in [0.1, 0.15) is 0 Å². The molecule has 0 unspecified atom stereocenters. The van der Waals surface area contributed by atoms with E-state index >= 15 is 0 Å². The summed E-state index contributed by atoms with van der Waals surface area (Å²) in [6.45, 7) is 0.600. The lowest BCUT2D eigenvalue weighted by Gasteiger charge is -2.06. The number of fused-ring (bicyclic) bond motifs is 1. The van der Waals surface area contributed by atoms with Crippen LogP contribution in [0.15, 0.2) is 51.4 Å². The van der Waals surface area contributed by atoms with E-state index in [1.54, 1.807) is 43.9 Å². The molecule has 162 valence electrons. The summed E-state index contributed by atoms with van der Waals surface area (Å²) in [7, 11) is -0.682. The molecule has 0 spiro atoms. The zero-order valence-corrected chi connectivity index (χ0v) is 18.0. The normalized spacial score (nSPS) is 11.7. The summed E-state index contributed by atoms with van der Waals surface area (Å²) in [5.74, 6) is 0.00738. The topological polar surface area (TPSA) is 103 Å². The maximum absolute atomic E-state index is 14.5. The van der Waals surface area contributed by atoms with E-state index in [0.29, 0.717) is 40.3 Å². The molecule has 0 saturated heterocycles. The Morgan fingerprint density at radius 3 is 2.65 bits per heavy atom. The van der Waals surface area contributed by atoms with Gasteiger partial charge in [0.25, 0.3) is 0 Å². The lowest BCUT2D eigenvalue weighted by molar-refractivity contribution is 0.144. The average Bonchev–Trinajstić information content (AvgIpc) is 3.34. The third-order valence-corrected chi connectivity index (χ3v) is 5.04. The summed E-state index contributed by atoms with van der Waals surface area (Å²) in [4.78, 5) is 0. The number of H-pyrrole nitrogens is 1. The molecule has 1 N–H and O–H groups in total. The maximum Gasteiger partial charge on any atom is 0.188 e. The van der Waals surface area contributed by atoms with Gasteiger partial charge >= 0.3 is 0 Å². The van der Waals surface area contributed by atoms with E-state index in [2.05, 4.69) is 19.7 Å². The highest BCUT2D eigenvalue weighted by Gasteiger charge is 2.17. The lowest BCUT2D eigenvalue weighted by atomic mass is 10.1. The quantitative estimate of drug-likeness (QED) is 0.424. The van der Waals surface area contributed by atoms with Gasteiger partial charge in [-0.2, -0.15) is 9.46 Å². The SMILES string of the molecule is COCCOc1cc2[nH]nc(-c3cc(-c4ccc(N=S(C)(C)=O)cc4)no3)c2cc1F. The smallest absolute Gasteiger partial charge is 0.188 e. The predicted molar refractivity (Wildman–Crippen MR) is 116 cm³/mol. The van der Waals surface area contributed by atoms with Gasteiger partial charge in [-0.3, -0.25) is 5.10 Å². The standard InChI is InChI=1S/C21H21FN4O4S/c1-28-8-9-29-19-12-18-15(10-16(19)22)21(24-23-18)20-11-17(25-30-20)13-4-6-14(7-5-13)26-31(2,3)27/h4-7,10-12H,8-9H2,1-3H3,(H,23,24). The zero-order chi connectivity index (χ0) is 22.0. The third-order valence-electron chi connectivity index (χ3n) is 4.39. The van der Waals surface area contributed by atoms with Crippen LogP contribution in [-0.4, -0.2) is 52.4 Å². The van der Waals surface area contributed by atoms with Crippen molar-refractivity contribution in [3.05, 3.63) is 48.3 Å². The number of hydrogen-bond acceptors (Lipinski definition) is 7. The monoisotopic (exact) mass is 444 g/mol. The Morgan fingerprint density at radius 2 is 1.94 bits per heavy atom. The maximum atomic E-state index is 14.5. The van der Waals surface area contributed by atoms with Gasteiger partial charge in [0.15, 0.2) is 17.3 Å². The number of aromatic amines is 1. The largest absolute Gasteiger partial charge is 0.488 e. The van der Waals surface area contributed by atoms with Crippen LogP contribution in [0.25, 0.3) is 33.6 Å². The molecule has 4 rings (SSSR count). The molecule has 10 heteroatoms. The molecule has 0 fully saturated rings. The van der Waals surface area contributed by atoms with Crippen LogP contribution in [0.5, 0.6) is 5.75 Å². The van der Waals surface area contributed by atoms with Gasteiger partial charge in [-0.15, -0.1) is 0 Å². The number of methoxy groups -OCH3 is 1. The van der Waals surface area contributed by atoms with Crippen molar-refractivity contribution in [2.24, 2.45) is 4.36 Å². The van der Waals surface area contributed by atoms with E-state index in [1.807, 2.05) is 12.1 Å². The van der Waals surface area contributed by atoms with Gasteiger partial charge in [0, 0.05) is 52.4 Å². The Bertz CT molecular complexity index is 1330. The Kier molecular flexibility index (Phi) is 5.75. The highest BCUT2D eigenvalue weighted by atomic mass is 32.2. The first-order valence-corrected chi connectivity index (χ1v) is 11.7. The molecule has 0 atom stereocenters. The van der Waals surface area contributed by atoms with E-state index in [4.69, 9.17) is 14.0 Å². The Balaban J connectivity index is 1.62. The van der Waals surface area contributed by atoms with Gasteiger partial charge < -0.3 is 14.0 Å². The predicted octanol–water partition coefficient (Wildman–Crippen LogP) is 4.41. The van der Waals surface area contributed by atoms with Gasteiger partial charge in [0.2, 0.25) is 0 Å². The minimum absolute atomic E-state index is 0.117. The molecule has 0 radical (unpaired) electrons. The van der Waals surface area contributed by atoms with Crippen LogP contribution < -0.4 is 4.74 Å². The molecule has 0 aliphatic rings. The molecular weight excluding hydrogens is 423 g/mol. The lowest BCUT2D eigenvalue weighted by Crippen LogP contribution is -2.05. The molecule has 8 nitrogen and oxygen atoms in total. The van der Waals surface area contributed by atoms with Crippen LogP contribution in [0.2, 0.25) is 0 Å². The second-order valence-corrected chi connectivity index (χ2v) is 9.68. The van der Waals surface area contributed by atoms with E-state index in [9.17, 15) is 8.60 Å². The van der Waals surface area contributed by atoms with Crippen molar-refractivity contribution in [2.75, 3.05) is 32.8 Å². The highest BCUT2D eigenvalue weighted by molar-refractivity contribution is 7.92. The van der Waals surface area contributed by atoms with Gasteiger partial charge in [0.1, 0.15) is 18.0 Å². The molecule has 31 heavy (non-hydrogen) atoms. The zero-order valence-electron chi connectivity index (χ0n) is 17.2. The number of rotatable bonds is 7. The van der Waals surface area contributed by atoms with Crippen molar-refractivity contribution in [3.63, 3.8) is 0 Å². The minimum atomic E-state index is -2.23. The second kappa shape index (κ2) is 8.48. The number of hydrogen-bond donors (Lipinski definition) is 1. The van der Waals surface area contributed by atoms with Gasteiger partial charge in [0.05, 0.1) is 17.8 Å². The first-order chi connectivity index (χ1) is 14.8. The number of halogens is 1. The molecule has 0 aliphatic carbocycles. The third kappa shape index (κ3) is 4.75. The van der Waals surface area contributed by atoms with Crippen LogP contribution in [-0.2, 0) is 14.5 Å². The minimum Gasteiger partial charge on any atom is -0.488 e. The van der Waals surface area contributed by atoms with E-state index < -0.39 is 15.5 Å². The van der Waals surface area contributed by atoms with Crippen molar-refractivity contribution in [1.82, 2.24) is 15.4 Å². The second-order valence-electron chi connectivity index (χ2n) is 7.14. The molecule has 0 amide bonds. The van der Waals surface area contributed by atoms with Crippen LogP contribution in [0, 0.1) is 5.82 Å². The van der Waals surface area contributed by atoms with Crippen molar-refractivity contribution in [1.29, 1.82) is 0 Å². The van der Waals surface area contributed by atoms with Crippen molar-refractivity contribution < 1.29 is 22.6 Å². The number of nitrogens with one attached hydrogen (secondary N) is 1. The van der Waals surface area contributed by atoms with Gasteiger partial charge in [-0.25, -0.2) is 8.60 Å². The van der Waals surface area contributed by atoms with Gasteiger partial charge in [-0.05, 0) is 18.2 Å². The summed E-state index contributed by atoms with van der Waals surface area (Å²) >= 11 is 0. The number of ether oxygens (including phenoxy) is 2. The molecular formula is C21H21FN4O4S. The number of aromatic nitrogens is 3. The van der Waals surface area contributed by atoms with Crippen LogP contribution in [0.3, 0.4) is 0 Å². The molecule has 2 heterocycles. The fraction of sp³-hybridized carbons (Fsp3) is 0.238. The molecule has 0 saturated carbocycles. The Labute approximate surface area is 178 Å². The summed E-state index contributed by atoms with van der Waals surface area (Å²) in [5, 5.41) is 11.8.